The summed E-state index contributed by atoms with van der Waals surface area (Å²) >= 11 is 4.88. The number of aromatic nitrogens is 2. The summed E-state index contributed by atoms with van der Waals surface area (Å²) in [5, 5.41) is 9.10. The summed E-state index contributed by atoms with van der Waals surface area (Å²) in [5.41, 5.74) is -0.0369. The van der Waals surface area contributed by atoms with Crippen molar-refractivity contribution in [3.8, 4) is 0 Å². The molecule has 9 nitrogen and oxygen atoms in total. The molecule has 3 N–H and O–H groups in total. The Bertz CT molecular complexity index is 749. The second-order valence-electron chi connectivity index (χ2n) is 4.52. The summed E-state index contributed by atoms with van der Waals surface area (Å²) in [7, 11) is -1.41. The van der Waals surface area contributed by atoms with Gasteiger partial charge in [-0.3, -0.25) is 14.3 Å². The van der Waals surface area contributed by atoms with E-state index < -0.39 is 27.9 Å². The van der Waals surface area contributed by atoms with Crippen molar-refractivity contribution in [1.82, 2.24) is 18.6 Å². The van der Waals surface area contributed by atoms with Gasteiger partial charge in [-0.2, -0.15) is 17.4 Å². The van der Waals surface area contributed by atoms with Gasteiger partial charge >= 0.3 is 11.7 Å². The number of hydrogen-bond acceptors (Lipinski definition) is 5. The molecule has 0 aliphatic heterocycles. The predicted octanol–water partition coefficient (Wildman–Crippen LogP) is -0.936. The number of rotatable bonds is 6. The second kappa shape index (κ2) is 6.47. The van der Waals surface area contributed by atoms with Crippen LogP contribution in [0, 0.1) is 11.6 Å². The first kappa shape index (κ1) is 17.5. The average molecular weight is 336 g/mol. The first-order valence-corrected chi connectivity index (χ1v) is 7.62. The molecule has 0 radical (unpaired) electrons. The van der Waals surface area contributed by atoms with E-state index in [1.54, 1.807) is 6.92 Å². The van der Waals surface area contributed by atoms with Crippen LogP contribution in [0.5, 0.6) is 0 Å². The first-order chi connectivity index (χ1) is 9.54. The number of aromatic amines is 1. The molecule has 1 heterocycles. The molecule has 1 rings (SSSR count). The predicted molar refractivity (Wildman–Crippen MR) is 77.8 cm³/mol. The van der Waals surface area contributed by atoms with E-state index in [4.69, 9.17) is 17.3 Å². The van der Waals surface area contributed by atoms with Crippen LogP contribution in [0.25, 0.3) is 0 Å². The van der Waals surface area contributed by atoms with Crippen molar-refractivity contribution in [3.05, 3.63) is 26.9 Å². The fourth-order valence-electron chi connectivity index (χ4n) is 1.40. The average Bonchev–Trinajstić information content (AvgIpc) is 2.34. The summed E-state index contributed by atoms with van der Waals surface area (Å²) in [4.78, 5) is 25.3. The van der Waals surface area contributed by atoms with Crippen molar-refractivity contribution < 1.29 is 18.3 Å². The normalized spacial score (nSPS) is 13.3. The lowest BCUT2D eigenvalue weighted by Crippen LogP contribution is -2.49. The highest BCUT2D eigenvalue weighted by atomic mass is 32.2. The molecule has 0 saturated heterocycles. The third-order valence-electron chi connectivity index (χ3n) is 2.64. The number of hydrogen-bond donors (Lipinski definition) is 3. The molecule has 0 amide bonds. The van der Waals surface area contributed by atoms with Gasteiger partial charge in [0, 0.05) is 25.9 Å². The summed E-state index contributed by atoms with van der Waals surface area (Å²) < 4.78 is 27.5. The summed E-state index contributed by atoms with van der Waals surface area (Å²) in [5.74, 6) is -1.40. The molecule has 0 aromatic carbocycles. The molecule has 0 fully saturated rings. The molecular weight excluding hydrogens is 320 g/mol. The van der Waals surface area contributed by atoms with Gasteiger partial charge in [-0.15, -0.1) is 0 Å². The maximum absolute atomic E-state index is 11.7. The highest BCUT2D eigenvalue weighted by Gasteiger charge is 2.26. The van der Waals surface area contributed by atoms with E-state index in [1.807, 2.05) is 4.72 Å². The van der Waals surface area contributed by atoms with E-state index >= 15 is 0 Å². The maximum atomic E-state index is 11.7. The van der Waals surface area contributed by atoms with E-state index in [0.717, 1.165) is 8.87 Å². The monoisotopic (exact) mass is 336 g/mol. The summed E-state index contributed by atoms with van der Waals surface area (Å²) in [6, 6.07) is -1.49. The minimum atomic E-state index is -3.94. The van der Waals surface area contributed by atoms with E-state index in [2.05, 4.69) is 4.98 Å². The fraction of sp³-hybridized carbons (Fsp3) is 0.500. The molecule has 1 atom stereocenters. The standard InChI is InChI=1S/C10H16N4O5S2/c1-6-4-14(10(17)11-8(6)20)5-7(9(15)16)12-21(18,19)13(2)3/h4,7,12H,5H2,1-3H3,(H,15,16)(H,11,17,20)/t7-/m0/s1. The topological polar surface area (TPSA) is 124 Å². The van der Waals surface area contributed by atoms with Crippen molar-refractivity contribution in [1.29, 1.82) is 0 Å². The smallest absolute Gasteiger partial charge is 0.326 e. The Morgan fingerprint density at radius 1 is 1.57 bits per heavy atom. The zero-order valence-corrected chi connectivity index (χ0v) is 13.3. The number of nitrogens with one attached hydrogen (secondary N) is 2. The van der Waals surface area contributed by atoms with Gasteiger partial charge in [-0.25, -0.2) is 4.79 Å². The van der Waals surface area contributed by atoms with E-state index in [9.17, 15) is 18.0 Å². The van der Waals surface area contributed by atoms with Gasteiger partial charge in [0.1, 0.15) is 10.7 Å². The molecule has 1 aromatic rings. The van der Waals surface area contributed by atoms with Gasteiger partial charge in [-0.1, -0.05) is 12.2 Å². The molecule has 21 heavy (non-hydrogen) atoms. The Kier molecular flexibility index (Phi) is 5.39. The minimum absolute atomic E-state index is 0.247. The van der Waals surface area contributed by atoms with Crippen LogP contribution in [0.15, 0.2) is 11.0 Å². The van der Waals surface area contributed by atoms with Gasteiger partial charge in [0.25, 0.3) is 10.2 Å². The lowest BCUT2D eigenvalue weighted by Gasteiger charge is -2.19. The van der Waals surface area contributed by atoms with Gasteiger partial charge in [0.2, 0.25) is 0 Å². The van der Waals surface area contributed by atoms with E-state index in [-0.39, 0.29) is 11.2 Å². The van der Waals surface area contributed by atoms with Crippen molar-refractivity contribution >= 4 is 28.4 Å². The van der Waals surface area contributed by atoms with Crippen LogP contribution < -0.4 is 10.4 Å². The summed E-state index contributed by atoms with van der Waals surface area (Å²) in [6.45, 7) is 1.28. The lowest BCUT2D eigenvalue weighted by atomic mass is 10.3. The molecule has 0 saturated carbocycles. The van der Waals surface area contributed by atoms with Crippen molar-refractivity contribution in [2.24, 2.45) is 0 Å². The van der Waals surface area contributed by atoms with Crippen molar-refractivity contribution in [2.75, 3.05) is 14.1 Å². The SMILES string of the molecule is Cc1cn(C[C@H](NS(=O)(=O)N(C)C)C(=O)O)c(=O)[nH]c1=S. The number of carbonyl (C=O) groups is 1. The van der Waals surface area contributed by atoms with Crippen LogP contribution in [-0.2, 0) is 21.5 Å². The molecule has 0 spiro atoms. The van der Waals surface area contributed by atoms with Gasteiger partial charge < -0.3 is 5.11 Å². The first-order valence-electron chi connectivity index (χ1n) is 5.77. The molecule has 0 aliphatic carbocycles. The quantitative estimate of drug-likeness (QED) is 0.576. The van der Waals surface area contributed by atoms with Gasteiger partial charge in [-0.05, 0) is 6.92 Å². The molecule has 0 unspecified atom stereocenters. The number of carboxylic acid groups (broad SMARTS) is 1. The Labute approximate surface area is 126 Å². The number of nitrogens with zero attached hydrogens (tertiary/aromatic N) is 2. The van der Waals surface area contributed by atoms with E-state index in [1.165, 1.54) is 20.3 Å². The molecule has 0 aliphatic rings. The van der Waals surface area contributed by atoms with Crippen LogP contribution in [-0.4, -0.2) is 53.5 Å². The number of carboxylic acids is 1. The Balaban J connectivity index is 3.11. The van der Waals surface area contributed by atoms with Crippen molar-refractivity contribution in [3.63, 3.8) is 0 Å². The molecule has 11 heteroatoms. The Morgan fingerprint density at radius 2 is 2.14 bits per heavy atom. The number of H-pyrrole nitrogens is 1. The maximum Gasteiger partial charge on any atom is 0.326 e. The highest BCUT2D eigenvalue weighted by molar-refractivity contribution is 7.87. The molecule has 0 bridgehead atoms. The van der Waals surface area contributed by atoms with Crippen LogP contribution >= 0.6 is 12.2 Å². The molecular formula is C10H16N4O5S2. The lowest BCUT2D eigenvalue weighted by molar-refractivity contribution is -0.139. The Hall–Kier alpha value is -1.56. The van der Waals surface area contributed by atoms with Crippen LogP contribution in [0.1, 0.15) is 5.56 Å². The summed E-state index contributed by atoms with van der Waals surface area (Å²) in [6.07, 6.45) is 1.38. The zero-order chi connectivity index (χ0) is 16.4. The van der Waals surface area contributed by atoms with Crippen LogP contribution in [0.3, 0.4) is 0 Å². The van der Waals surface area contributed by atoms with Crippen molar-refractivity contribution in [2.45, 2.75) is 19.5 Å². The van der Waals surface area contributed by atoms with Crippen LogP contribution in [0.2, 0.25) is 0 Å². The third-order valence-corrected chi connectivity index (χ3v) is 4.61. The minimum Gasteiger partial charge on any atom is -0.480 e. The second-order valence-corrected chi connectivity index (χ2v) is 6.84. The highest BCUT2D eigenvalue weighted by Crippen LogP contribution is 1.99. The molecule has 1 aromatic heterocycles. The van der Waals surface area contributed by atoms with Gasteiger partial charge in [0.05, 0.1) is 6.54 Å². The van der Waals surface area contributed by atoms with Crippen LogP contribution in [0.4, 0.5) is 0 Å². The molecule has 118 valence electrons. The van der Waals surface area contributed by atoms with E-state index in [0.29, 0.717) is 5.56 Å². The largest absolute Gasteiger partial charge is 0.480 e. The fourth-order valence-corrected chi connectivity index (χ4v) is 2.29. The Morgan fingerprint density at radius 3 is 2.62 bits per heavy atom. The van der Waals surface area contributed by atoms with Gasteiger partial charge in [0.15, 0.2) is 0 Å². The number of aliphatic carboxylic acids is 1. The number of aryl methyl sites for hydroxylation is 1. The third kappa shape index (κ3) is 4.46. The zero-order valence-electron chi connectivity index (χ0n) is 11.7.